The number of aromatic amines is 1. The third-order valence-corrected chi connectivity index (χ3v) is 4.91. The molecule has 1 saturated heterocycles. The van der Waals surface area contributed by atoms with Gasteiger partial charge in [-0.05, 0) is 29.7 Å². The maximum absolute atomic E-state index is 9.28. The van der Waals surface area contributed by atoms with Crippen LogP contribution < -0.4 is 5.32 Å². The summed E-state index contributed by atoms with van der Waals surface area (Å²) in [5.41, 5.74) is 3.89. The second kappa shape index (κ2) is 7.70. The number of benzene rings is 2. The van der Waals surface area contributed by atoms with Crippen molar-refractivity contribution in [2.24, 2.45) is 0 Å². The van der Waals surface area contributed by atoms with Crippen molar-refractivity contribution in [1.29, 1.82) is 5.26 Å². The quantitative estimate of drug-likeness (QED) is 0.731. The first-order valence-corrected chi connectivity index (χ1v) is 9.03. The molecule has 0 saturated carbocycles. The Morgan fingerprint density at radius 2 is 2.00 bits per heavy atom. The highest BCUT2D eigenvalue weighted by Crippen LogP contribution is 2.25. The van der Waals surface area contributed by atoms with Crippen molar-refractivity contribution in [1.82, 2.24) is 20.5 Å². The Morgan fingerprint density at radius 1 is 1.19 bits per heavy atom. The number of rotatable bonds is 5. The fourth-order valence-corrected chi connectivity index (χ4v) is 3.42. The van der Waals surface area contributed by atoms with E-state index in [0.29, 0.717) is 18.8 Å². The molecule has 0 amide bonds. The zero-order valence-electron chi connectivity index (χ0n) is 15.1. The monoisotopic (exact) mass is 359 g/mol. The predicted octanol–water partition coefficient (Wildman–Crippen LogP) is 2.92. The molecular weight excluding hydrogens is 338 g/mol. The van der Waals surface area contributed by atoms with E-state index in [2.05, 4.69) is 50.8 Å². The number of nitrogens with zero attached hydrogens (tertiary/aromatic N) is 3. The van der Waals surface area contributed by atoms with Gasteiger partial charge in [0.2, 0.25) is 0 Å². The summed E-state index contributed by atoms with van der Waals surface area (Å²) in [4.78, 5) is 4.45. The van der Waals surface area contributed by atoms with Crippen molar-refractivity contribution < 1.29 is 4.74 Å². The van der Waals surface area contributed by atoms with Gasteiger partial charge >= 0.3 is 0 Å². The topological polar surface area (TPSA) is 86.6 Å². The van der Waals surface area contributed by atoms with Crippen LogP contribution in [0.3, 0.4) is 0 Å². The van der Waals surface area contributed by atoms with Gasteiger partial charge in [0.15, 0.2) is 5.82 Å². The molecule has 0 radical (unpaired) electrons. The summed E-state index contributed by atoms with van der Waals surface area (Å²) in [7, 11) is 0. The smallest absolute Gasteiger partial charge is 0.157 e. The Kier molecular flexibility index (Phi) is 4.97. The molecule has 4 rings (SSSR count). The maximum atomic E-state index is 9.28. The largest absolute Gasteiger partial charge is 0.379 e. The van der Waals surface area contributed by atoms with Crippen LogP contribution >= 0.6 is 0 Å². The van der Waals surface area contributed by atoms with Crippen LogP contribution in [-0.2, 0) is 11.3 Å². The molecule has 6 nitrogen and oxygen atoms in total. The predicted molar refractivity (Wildman–Crippen MR) is 102 cm³/mol. The number of hydrogen-bond donors (Lipinski definition) is 2. The molecule has 1 aliphatic rings. The molecule has 136 valence electrons. The van der Waals surface area contributed by atoms with Gasteiger partial charge in [-0.15, -0.1) is 0 Å². The van der Waals surface area contributed by atoms with E-state index in [1.807, 2.05) is 31.2 Å². The molecule has 0 bridgehead atoms. The minimum Gasteiger partial charge on any atom is -0.379 e. The van der Waals surface area contributed by atoms with Crippen LogP contribution in [-0.4, -0.2) is 34.4 Å². The molecule has 1 aromatic heterocycles. The van der Waals surface area contributed by atoms with E-state index in [9.17, 15) is 5.26 Å². The number of aromatic nitrogens is 3. The highest BCUT2D eigenvalue weighted by molar-refractivity contribution is 5.70. The first-order valence-electron chi connectivity index (χ1n) is 9.03. The van der Waals surface area contributed by atoms with Crippen LogP contribution in [0.25, 0.3) is 11.1 Å². The fourth-order valence-electron chi connectivity index (χ4n) is 3.42. The Morgan fingerprint density at radius 3 is 2.74 bits per heavy atom. The maximum Gasteiger partial charge on any atom is 0.157 e. The van der Waals surface area contributed by atoms with Crippen molar-refractivity contribution in [3.8, 4) is 17.2 Å². The second-order valence-corrected chi connectivity index (χ2v) is 6.76. The summed E-state index contributed by atoms with van der Waals surface area (Å²) < 4.78 is 5.64. The standard InChI is InChI=1S/C21H21N5O/c1-14-24-21(26-25-14)19-12-27-13-20(19)23-11-15-6-8-16(9-7-15)18-5-3-2-4-17(18)10-22/h2-9,19-20,23H,11-13H2,1H3,(H,24,25,26)/t19-,20+/m1/s1. The number of hydrogen-bond acceptors (Lipinski definition) is 5. The molecule has 1 fully saturated rings. The number of ether oxygens (including phenoxy) is 1. The number of nitrogens with one attached hydrogen (secondary N) is 2. The first kappa shape index (κ1) is 17.4. The summed E-state index contributed by atoms with van der Waals surface area (Å²) in [6, 6.07) is 18.4. The third-order valence-electron chi connectivity index (χ3n) is 4.91. The van der Waals surface area contributed by atoms with Crippen LogP contribution in [0.4, 0.5) is 0 Å². The summed E-state index contributed by atoms with van der Waals surface area (Å²) in [5, 5.41) is 20.0. The number of aryl methyl sites for hydroxylation is 1. The molecule has 0 unspecified atom stereocenters. The lowest BCUT2D eigenvalue weighted by molar-refractivity contribution is 0.187. The van der Waals surface area contributed by atoms with Gasteiger partial charge in [0.05, 0.1) is 30.8 Å². The van der Waals surface area contributed by atoms with Crippen molar-refractivity contribution in [2.45, 2.75) is 25.4 Å². The molecule has 6 heteroatoms. The molecule has 2 heterocycles. The van der Waals surface area contributed by atoms with Crippen molar-refractivity contribution >= 4 is 0 Å². The van der Waals surface area contributed by atoms with Crippen LogP contribution in [0.1, 0.15) is 28.7 Å². The minimum atomic E-state index is 0.164. The number of nitriles is 1. The van der Waals surface area contributed by atoms with E-state index < -0.39 is 0 Å². The van der Waals surface area contributed by atoms with E-state index in [-0.39, 0.29) is 12.0 Å². The van der Waals surface area contributed by atoms with Gasteiger partial charge in [0.25, 0.3) is 0 Å². The van der Waals surface area contributed by atoms with Crippen LogP contribution in [0.2, 0.25) is 0 Å². The summed E-state index contributed by atoms with van der Waals surface area (Å²) in [6.07, 6.45) is 0. The van der Waals surface area contributed by atoms with Gasteiger partial charge in [0, 0.05) is 12.6 Å². The van der Waals surface area contributed by atoms with Gasteiger partial charge in [0.1, 0.15) is 5.82 Å². The molecule has 1 aliphatic heterocycles. The van der Waals surface area contributed by atoms with Crippen molar-refractivity contribution in [3.63, 3.8) is 0 Å². The summed E-state index contributed by atoms with van der Waals surface area (Å²) >= 11 is 0. The fraction of sp³-hybridized carbons (Fsp3) is 0.286. The van der Waals surface area contributed by atoms with Crippen LogP contribution in [0.5, 0.6) is 0 Å². The molecule has 2 atom stereocenters. The first-order chi connectivity index (χ1) is 13.2. The lowest BCUT2D eigenvalue weighted by Crippen LogP contribution is -2.34. The molecule has 0 spiro atoms. The summed E-state index contributed by atoms with van der Waals surface area (Å²) in [5.74, 6) is 1.80. The SMILES string of the molecule is Cc1nc([C@@H]2COC[C@@H]2NCc2ccc(-c3ccccc3C#N)cc2)n[nH]1. The van der Waals surface area contributed by atoms with E-state index in [4.69, 9.17) is 4.74 Å². The van der Waals surface area contributed by atoms with Crippen LogP contribution in [0.15, 0.2) is 48.5 Å². The van der Waals surface area contributed by atoms with Crippen LogP contribution in [0, 0.1) is 18.3 Å². The van der Waals surface area contributed by atoms with Gasteiger partial charge in [-0.2, -0.15) is 10.4 Å². The molecule has 2 aromatic carbocycles. The molecular formula is C21H21N5O. The second-order valence-electron chi connectivity index (χ2n) is 6.76. The lowest BCUT2D eigenvalue weighted by Gasteiger charge is -2.17. The third kappa shape index (κ3) is 3.75. The van der Waals surface area contributed by atoms with E-state index in [1.165, 1.54) is 5.56 Å². The zero-order chi connectivity index (χ0) is 18.6. The Hall–Kier alpha value is -3.01. The Labute approximate surface area is 158 Å². The molecule has 3 aromatic rings. The lowest BCUT2D eigenvalue weighted by atomic mass is 9.99. The highest BCUT2D eigenvalue weighted by atomic mass is 16.5. The van der Waals surface area contributed by atoms with Gasteiger partial charge in [-0.1, -0.05) is 42.5 Å². The Balaban J connectivity index is 1.42. The van der Waals surface area contributed by atoms with E-state index in [0.717, 1.165) is 29.3 Å². The van der Waals surface area contributed by atoms with Gasteiger partial charge in [-0.3, -0.25) is 5.10 Å². The highest BCUT2D eigenvalue weighted by Gasteiger charge is 2.32. The summed E-state index contributed by atoms with van der Waals surface area (Å²) in [6.45, 7) is 3.94. The molecule has 27 heavy (non-hydrogen) atoms. The van der Waals surface area contributed by atoms with Gasteiger partial charge < -0.3 is 10.1 Å². The zero-order valence-corrected chi connectivity index (χ0v) is 15.1. The van der Waals surface area contributed by atoms with Crippen molar-refractivity contribution in [3.05, 3.63) is 71.3 Å². The van der Waals surface area contributed by atoms with Crippen molar-refractivity contribution in [2.75, 3.05) is 13.2 Å². The average molecular weight is 359 g/mol. The number of H-pyrrole nitrogens is 1. The molecule has 2 N–H and O–H groups in total. The normalized spacial score (nSPS) is 19.1. The van der Waals surface area contributed by atoms with Gasteiger partial charge in [-0.25, -0.2) is 4.98 Å². The van der Waals surface area contributed by atoms with E-state index >= 15 is 0 Å². The molecule has 0 aliphatic carbocycles. The van der Waals surface area contributed by atoms with E-state index in [1.54, 1.807) is 0 Å². The Bertz CT molecular complexity index is 957. The average Bonchev–Trinajstić information content (AvgIpc) is 3.35. The minimum absolute atomic E-state index is 0.164.